The first-order valence-electron chi connectivity index (χ1n) is 9.71. The maximum atomic E-state index is 13.9. The molecule has 2 aliphatic carbocycles. The number of carbonyl (C=O) groups excluding carboxylic acids is 1. The summed E-state index contributed by atoms with van der Waals surface area (Å²) in [4.78, 5) is 12.8. The Labute approximate surface area is 171 Å². The fourth-order valence-corrected chi connectivity index (χ4v) is 6.09. The molecule has 2 fully saturated rings. The number of rotatable bonds is 3. The molecule has 1 N–H and O–H groups in total. The molecule has 1 heterocycles. The molecule has 2 saturated carbocycles. The Hall–Kier alpha value is -2.33. The van der Waals surface area contributed by atoms with E-state index in [9.17, 15) is 23.2 Å². The Kier molecular flexibility index (Phi) is 4.94. The number of benzene rings is 1. The maximum absolute atomic E-state index is 13.9. The van der Waals surface area contributed by atoms with Gasteiger partial charge in [0.1, 0.15) is 11.1 Å². The largest absolute Gasteiger partial charge is 0.419 e. The Bertz CT molecular complexity index is 1020. The predicted octanol–water partition coefficient (Wildman–Crippen LogP) is 6.30. The van der Waals surface area contributed by atoms with Crippen molar-refractivity contribution in [2.24, 2.45) is 17.8 Å². The van der Waals surface area contributed by atoms with Gasteiger partial charge in [0, 0.05) is 5.92 Å². The van der Waals surface area contributed by atoms with E-state index in [1.807, 2.05) is 13.0 Å². The van der Waals surface area contributed by atoms with Crippen LogP contribution in [0.4, 0.5) is 18.2 Å². The number of hydrogen-bond acceptors (Lipinski definition) is 3. The number of carbonyl (C=O) groups is 1. The number of alkyl halides is 3. The van der Waals surface area contributed by atoms with E-state index in [4.69, 9.17) is 0 Å². The van der Waals surface area contributed by atoms with Crippen molar-refractivity contribution in [1.29, 1.82) is 5.26 Å². The summed E-state index contributed by atoms with van der Waals surface area (Å²) in [5, 5.41) is 12.2. The average Bonchev–Trinajstić information content (AvgIpc) is 3.36. The second kappa shape index (κ2) is 7.17. The van der Waals surface area contributed by atoms with Crippen LogP contribution in [0.25, 0.3) is 10.4 Å². The second-order valence-corrected chi connectivity index (χ2v) is 9.23. The van der Waals surface area contributed by atoms with Crippen molar-refractivity contribution in [1.82, 2.24) is 0 Å². The Morgan fingerprint density at radius 2 is 2.00 bits per heavy atom. The van der Waals surface area contributed by atoms with Crippen LogP contribution in [0.1, 0.15) is 47.9 Å². The molecule has 3 nitrogen and oxygen atoms in total. The predicted molar refractivity (Wildman–Crippen MR) is 107 cm³/mol. The summed E-state index contributed by atoms with van der Waals surface area (Å²) < 4.78 is 41.8. The van der Waals surface area contributed by atoms with Crippen LogP contribution in [-0.2, 0) is 11.0 Å². The first-order valence-corrected chi connectivity index (χ1v) is 10.5. The van der Waals surface area contributed by atoms with Crippen molar-refractivity contribution < 1.29 is 18.0 Å². The average molecular weight is 418 g/mol. The minimum atomic E-state index is -4.69. The number of nitriles is 1. The summed E-state index contributed by atoms with van der Waals surface area (Å²) in [5.41, 5.74) is 0.520. The molecule has 7 heteroatoms. The number of nitrogens with zero attached hydrogens (tertiary/aromatic N) is 1. The van der Waals surface area contributed by atoms with Crippen molar-refractivity contribution in [3.05, 3.63) is 40.5 Å². The van der Waals surface area contributed by atoms with Crippen molar-refractivity contribution in [3.63, 3.8) is 0 Å². The van der Waals surface area contributed by atoms with Crippen LogP contribution < -0.4 is 5.32 Å². The Morgan fingerprint density at radius 3 is 2.59 bits per heavy atom. The molecule has 0 saturated heterocycles. The summed E-state index contributed by atoms with van der Waals surface area (Å²) in [7, 11) is 0. The highest BCUT2D eigenvalue weighted by Gasteiger charge is 2.44. The van der Waals surface area contributed by atoms with Crippen LogP contribution in [-0.4, -0.2) is 5.91 Å². The number of nitrogens with one attached hydrogen (secondary N) is 1. The van der Waals surface area contributed by atoms with Crippen LogP contribution in [0.5, 0.6) is 0 Å². The topological polar surface area (TPSA) is 52.9 Å². The fraction of sp³-hybridized carbons (Fsp3) is 0.455. The lowest BCUT2D eigenvalue weighted by atomic mass is 9.88. The molecule has 4 rings (SSSR count). The molecular formula is C22H21F3N2OS. The minimum absolute atomic E-state index is 0.00324. The van der Waals surface area contributed by atoms with E-state index in [2.05, 4.69) is 5.32 Å². The van der Waals surface area contributed by atoms with Crippen LogP contribution in [0.3, 0.4) is 0 Å². The summed E-state index contributed by atoms with van der Waals surface area (Å²) >= 11 is 0.846. The highest BCUT2D eigenvalue weighted by atomic mass is 32.1. The van der Waals surface area contributed by atoms with Crippen molar-refractivity contribution >= 4 is 22.2 Å². The van der Waals surface area contributed by atoms with Gasteiger partial charge >= 0.3 is 6.18 Å². The van der Waals surface area contributed by atoms with E-state index >= 15 is 0 Å². The number of anilines is 1. The molecule has 2 aliphatic rings. The monoisotopic (exact) mass is 418 g/mol. The highest BCUT2D eigenvalue weighted by Crippen LogP contribution is 2.51. The van der Waals surface area contributed by atoms with E-state index in [0.717, 1.165) is 42.6 Å². The quantitative estimate of drug-likeness (QED) is 0.636. The highest BCUT2D eigenvalue weighted by molar-refractivity contribution is 7.20. The van der Waals surface area contributed by atoms with E-state index in [0.29, 0.717) is 23.0 Å². The number of fused-ring (bicyclic) bond motifs is 2. The number of hydrogen-bond donors (Lipinski definition) is 1. The zero-order chi connectivity index (χ0) is 20.9. The Morgan fingerprint density at radius 1 is 1.24 bits per heavy atom. The molecule has 0 radical (unpaired) electrons. The van der Waals surface area contributed by atoms with Gasteiger partial charge in [-0.3, -0.25) is 4.79 Å². The molecule has 1 aromatic heterocycles. The zero-order valence-corrected chi connectivity index (χ0v) is 17.0. The lowest BCUT2D eigenvalue weighted by Crippen LogP contribution is -2.27. The number of halogens is 3. The van der Waals surface area contributed by atoms with Gasteiger partial charge in [-0.15, -0.1) is 11.3 Å². The van der Waals surface area contributed by atoms with E-state index in [-0.39, 0.29) is 21.7 Å². The van der Waals surface area contributed by atoms with Crippen molar-refractivity contribution in [2.75, 3.05) is 5.32 Å². The number of thiophene rings is 1. The summed E-state index contributed by atoms with van der Waals surface area (Å²) in [6, 6.07) is 7.00. The third-order valence-electron chi connectivity index (χ3n) is 6.25. The van der Waals surface area contributed by atoms with Gasteiger partial charge < -0.3 is 5.32 Å². The van der Waals surface area contributed by atoms with Crippen LogP contribution >= 0.6 is 11.3 Å². The first kappa shape index (κ1) is 20.0. The van der Waals surface area contributed by atoms with Crippen molar-refractivity contribution in [3.8, 4) is 16.5 Å². The lowest BCUT2D eigenvalue weighted by Gasteiger charge is -2.20. The minimum Gasteiger partial charge on any atom is -0.316 e. The standard InChI is InChI=1S/C22H21F3N2OS/c1-11-3-4-12(2)15(7-11)19-18(22(23,24)25)17(10-26)21(29-19)27-20(28)16-9-13-5-6-14(16)8-13/h3-4,7,13-14,16H,5-6,8-9H2,1-2H3,(H,27,28)/t13-,14+,16-/m1/s1. The van der Waals surface area contributed by atoms with Gasteiger partial charge in [-0.05, 0) is 56.1 Å². The zero-order valence-electron chi connectivity index (χ0n) is 16.2. The molecule has 3 atom stereocenters. The summed E-state index contributed by atoms with van der Waals surface area (Å²) in [5.74, 6) is 0.439. The third kappa shape index (κ3) is 3.55. The van der Waals surface area contributed by atoms with Gasteiger partial charge in [0.25, 0.3) is 0 Å². The van der Waals surface area contributed by atoms with Gasteiger partial charge in [0.2, 0.25) is 5.91 Å². The first-order chi connectivity index (χ1) is 13.7. The summed E-state index contributed by atoms with van der Waals surface area (Å²) in [6.07, 6.45) is -0.747. The molecular weight excluding hydrogens is 397 g/mol. The smallest absolute Gasteiger partial charge is 0.316 e. The second-order valence-electron chi connectivity index (χ2n) is 8.21. The van der Waals surface area contributed by atoms with Gasteiger partial charge in [-0.1, -0.05) is 30.2 Å². The molecule has 1 aromatic carbocycles. The van der Waals surface area contributed by atoms with E-state index in [1.54, 1.807) is 25.1 Å². The number of amides is 1. The Balaban J connectivity index is 1.77. The molecule has 0 unspecified atom stereocenters. The van der Waals surface area contributed by atoms with E-state index in [1.165, 1.54) is 0 Å². The molecule has 29 heavy (non-hydrogen) atoms. The molecule has 0 spiro atoms. The van der Waals surface area contributed by atoms with Gasteiger partial charge in [-0.2, -0.15) is 18.4 Å². The fourth-order valence-electron chi connectivity index (χ4n) is 4.84. The van der Waals surface area contributed by atoms with Crippen LogP contribution in [0, 0.1) is 42.9 Å². The number of aryl methyl sites for hydroxylation is 2. The van der Waals surface area contributed by atoms with E-state index < -0.39 is 17.3 Å². The van der Waals surface area contributed by atoms with Crippen molar-refractivity contribution in [2.45, 2.75) is 45.7 Å². The summed E-state index contributed by atoms with van der Waals surface area (Å²) in [6.45, 7) is 3.56. The molecule has 0 aliphatic heterocycles. The van der Waals surface area contributed by atoms with Crippen LogP contribution in [0.15, 0.2) is 18.2 Å². The molecule has 1 amide bonds. The normalized spacial score (nSPS) is 23.2. The molecule has 152 valence electrons. The van der Waals surface area contributed by atoms with Gasteiger partial charge in [-0.25, -0.2) is 0 Å². The van der Waals surface area contributed by atoms with Crippen LogP contribution in [0.2, 0.25) is 0 Å². The third-order valence-corrected chi connectivity index (χ3v) is 7.39. The lowest BCUT2D eigenvalue weighted by molar-refractivity contribution is -0.137. The van der Waals surface area contributed by atoms with Gasteiger partial charge in [0.05, 0.1) is 16.0 Å². The molecule has 2 bridgehead atoms. The molecule has 2 aromatic rings. The SMILES string of the molecule is Cc1ccc(C)c(-c2sc(NC(=O)[C@@H]3C[C@@H]4CC[C@H]3C4)c(C#N)c2C(F)(F)F)c1. The van der Waals surface area contributed by atoms with Gasteiger partial charge in [0.15, 0.2) is 0 Å². The maximum Gasteiger partial charge on any atom is 0.419 e.